The van der Waals surface area contributed by atoms with Crippen molar-refractivity contribution in [3.05, 3.63) is 0 Å². The van der Waals surface area contributed by atoms with E-state index in [1.807, 2.05) is 20.8 Å². The van der Waals surface area contributed by atoms with E-state index in [0.717, 1.165) is 38.5 Å². The van der Waals surface area contributed by atoms with E-state index in [9.17, 15) is 0 Å². The van der Waals surface area contributed by atoms with Crippen LogP contribution in [-0.4, -0.2) is 59.0 Å². The first-order chi connectivity index (χ1) is 10.7. The molecule has 138 valence electrons. The maximum atomic E-state index is 5.91. The normalized spacial score (nSPS) is 14.8. The van der Waals surface area contributed by atoms with Crippen LogP contribution in [0.4, 0.5) is 0 Å². The van der Waals surface area contributed by atoms with Gasteiger partial charge >= 0.3 is 8.80 Å². The smallest absolute Gasteiger partial charge is 0.374 e. The van der Waals surface area contributed by atoms with E-state index >= 15 is 0 Å². The van der Waals surface area contributed by atoms with Gasteiger partial charge in [-0.05, 0) is 33.6 Å². The Hall–Kier alpha value is 0.0469. The lowest BCUT2D eigenvalue weighted by Gasteiger charge is -2.28. The van der Waals surface area contributed by atoms with Crippen molar-refractivity contribution in [2.75, 3.05) is 39.5 Å². The predicted molar refractivity (Wildman–Crippen MR) is 104 cm³/mol. The lowest BCUT2D eigenvalue weighted by Crippen LogP contribution is -2.46. The summed E-state index contributed by atoms with van der Waals surface area (Å²) in [6.07, 6.45) is 4.51. The molecule has 0 radical (unpaired) electrons. The Morgan fingerprint density at radius 1 is 1.00 bits per heavy atom. The summed E-state index contributed by atoms with van der Waals surface area (Å²) in [4.78, 5) is 7.10. The number of halogens is 1. The Labute approximate surface area is 153 Å². The molecule has 0 spiro atoms. The molecule has 0 aromatic rings. The third-order valence-electron chi connectivity index (χ3n) is 3.79. The van der Waals surface area contributed by atoms with E-state index in [2.05, 4.69) is 16.8 Å². The molecule has 0 atom stereocenters. The van der Waals surface area contributed by atoms with Crippen molar-refractivity contribution < 1.29 is 13.3 Å². The number of aliphatic imine (C=N–C) groups is 1. The molecule has 0 amide bonds. The molecule has 0 fully saturated rings. The Kier molecular flexibility index (Phi) is 13.4. The molecule has 23 heavy (non-hydrogen) atoms. The maximum absolute atomic E-state index is 5.91. The number of hydrogen-bond acceptors (Lipinski definition) is 5. The van der Waals surface area contributed by atoms with Crippen molar-refractivity contribution in [3.63, 3.8) is 0 Å². The van der Waals surface area contributed by atoms with E-state index in [-0.39, 0.29) is 17.0 Å². The number of hydrogen-bond donors (Lipinski definition) is 0. The lowest BCUT2D eigenvalue weighted by molar-refractivity contribution is 0.0709. The van der Waals surface area contributed by atoms with Crippen LogP contribution in [-0.2, 0) is 13.3 Å². The largest absolute Gasteiger partial charge is 0.500 e. The fraction of sp³-hybridized carbons (Fsp3) is 0.938. The van der Waals surface area contributed by atoms with E-state index < -0.39 is 8.80 Å². The second-order valence-electron chi connectivity index (χ2n) is 5.47. The van der Waals surface area contributed by atoms with Gasteiger partial charge in [-0.1, -0.05) is 13.3 Å². The molecular formula is C16H35BrN2O3Si. The minimum absolute atomic E-state index is 0. The minimum Gasteiger partial charge on any atom is -0.374 e. The molecule has 7 heteroatoms. The number of amidine groups is 1. The van der Waals surface area contributed by atoms with Gasteiger partial charge < -0.3 is 18.2 Å². The monoisotopic (exact) mass is 410 g/mol. The van der Waals surface area contributed by atoms with Crippen LogP contribution in [0.3, 0.4) is 0 Å². The molecule has 0 N–H and O–H groups in total. The fourth-order valence-corrected chi connectivity index (χ4v) is 5.43. The first kappa shape index (κ1) is 23.0. The van der Waals surface area contributed by atoms with Crippen molar-refractivity contribution in [2.24, 2.45) is 4.99 Å². The van der Waals surface area contributed by atoms with Gasteiger partial charge in [0.25, 0.3) is 0 Å². The van der Waals surface area contributed by atoms with Crippen molar-refractivity contribution in [1.29, 1.82) is 0 Å². The maximum Gasteiger partial charge on any atom is 0.500 e. The van der Waals surface area contributed by atoms with Crippen molar-refractivity contribution in [1.82, 2.24) is 4.90 Å². The van der Waals surface area contributed by atoms with Crippen LogP contribution < -0.4 is 0 Å². The Morgan fingerprint density at radius 3 is 2.13 bits per heavy atom. The van der Waals surface area contributed by atoms with Gasteiger partial charge in [0, 0.05) is 45.4 Å². The van der Waals surface area contributed by atoms with Crippen LogP contribution in [0.5, 0.6) is 0 Å². The average Bonchev–Trinajstić information content (AvgIpc) is 2.93. The summed E-state index contributed by atoms with van der Waals surface area (Å²) in [5.41, 5.74) is 0. The highest BCUT2D eigenvalue weighted by Crippen LogP contribution is 2.20. The standard InChI is InChI=1S/C16H34N2O3Si.BrH/c1-5-9-13-18-14-12-17-16(18)11-10-15-22(19-6-2,20-7-3)21-8-4;/h5-15H2,1-4H3;1H. The number of nitrogens with zero attached hydrogens (tertiary/aromatic N) is 2. The average molecular weight is 411 g/mol. The lowest BCUT2D eigenvalue weighted by atomic mass is 10.2. The Balaban J connectivity index is 0.00000484. The SMILES string of the molecule is Br.CCCCN1CCN=C1CCC[Si](OCC)(OCC)OCC. The summed E-state index contributed by atoms with van der Waals surface area (Å²) in [6, 6.07) is 0.878. The molecule has 0 aromatic carbocycles. The van der Waals surface area contributed by atoms with E-state index in [0.29, 0.717) is 19.8 Å². The summed E-state index contributed by atoms with van der Waals surface area (Å²) in [7, 11) is -2.49. The summed E-state index contributed by atoms with van der Waals surface area (Å²) >= 11 is 0. The van der Waals surface area contributed by atoms with Crippen LogP contribution in [0.25, 0.3) is 0 Å². The molecule has 0 aliphatic carbocycles. The fourth-order valence-electron chi connectivity index (χ4n) is 2.82. The number of unbranched alkanes of at least 4 members (excludes halogenated alkanes) is 1. The molecule has 1 rings (SSSR count). The van der Waals surface area contributed by atoms with Crippen molar-refractivity contribution in [3.8, 4) is 0 Å². The molecule has 0 unspecified atom stereocenters. The summed E-state index contributed by atoms with van der Waals surface area (Å²) < 4.78 is 17.7. The highest BCUT2D eigenvalue weighted by Gasteiger charge is 2.39. The van der Waals surface area contributed by atoms with Crippen LogP contribution in [0, 0.1) is 0 Å². The first-order valence-corrected chi connectivity index (χ1v) is 10.8. The summed E-state index contributed by atoms with van der Waals surface area (Å²) in [5, 5.41) is 0. The van der Waals surface area contributed by atoms with Crippen LogP contribution >= 0.6 is 17.0 Å². The quantitative estimate of drug-likeness (QED) is 0.431. The molecule has 1 aliphatic heterocycles. The topological polar surface area (TPSA) is 43.3 Å². The van der Waals surface area contributed by atoms with E-state index in [1.165, 1.54) is 18.7 Å². The van der Waals surface area contributed by atoms with Crippen LogP contribution in [0.2, 0.25) is 6.04 Å². The van der Waals surface area contributed by atoms with E-state index in [1.54, 1.807) is 0 Å². The first-order valence-electron chi connectivity index (χ1n) is 8.91. The zero-order chi connectivity index (χ0) is 16.3. The van der Waals surface area contributed by atoms with Crippen molar-refractivity contribution >= 4 is 31.6 Å². The van der Waals surface area contributed by atoms with Gasteiger partial charge in [0.2, 0.25) is 0 Å². The molecule has 5 nitrogen and oxygen atoms in total. The predicted octanol–water partition coefficient (Wildman–Crippen LogP) is 3.91. The van der Waals surface area contributed by atoms with Gasteiger partial charge in [-0.2, -0.15) is 0 Å². The van der Waals surface area contributed by atoms with Gasteiger partial charge in [-0.3, -0.25) is 4.99 Å². The molecule has 0 saturated heterocycles. The number of rotatable bonds is 13. The third-order valence-corrected chi connectivity index (χ3v) is 6.94. The van der Waals surface area contributed by atoms with Gasteiger partial charge in [0.1, 0.15) is 0 Å². The minimum atomic E-state index is -2.49. The zero-order valence-corrected chi connectivity index (χ0v) is 18.0. The molecule has 1 heterocycles. The molecule has 0 aromatic heterocycles. The summed E-state index contributed by atoms with van der Waals surface area (Å²) in [6.45, 7) is 13.4. The molecule has 1 aliphatic rings. The molecule has 0 bridgehead atoms. The van der Waals surface area contributed by atoms with Crippen LogP contribution in [0.1, 0.15) is 53.4 Å². The van der Waals surface area contributed by atoms with Gasteiger partial charge in [0.05, 0.1) is 12.4 Å². The van der Waals surface area contributed by atoms with Crippen LogP contribution in [0.15, 0.2) is 4.99 Å². The zero-order valence-electron chi connectivity index (χ0n) is 15.3. The second kappa shape index (κ2) is 13.4. The van der Waals surface area contributed by atoms with Gasteiger partial charge in [0.15, 0.2) is 0 Å². The van der Waals surface area contributed by atoms with E-state index in [4.69, 9.17) is 13.3 Å². The third kappa shape index (κ3) is 8.11. The highest BCUT2D eigenvalue weighted by molar-refractivity contribution is 8.93. The summed E-state index contributed by atoms with van der Waals surface area (Å²) in [5.74, 6) is 1.26. The van der Waals surface area contributed by atoms with Crippen molar-refractivity contribution in [2.45, 2.75) is 59.4 Å². The van der Waals surface area contributed by atoms with Gasteiger partial charge in [-0.15, -0.1) is 17.0 Å². The molecule has 0 saturated carbocycles. The highest BCUT2D eigenvalue weighted by atomic mass is 79.9. The van der Waals surface area contributed by atoms with Gasteiger partial charge in [-0.25, -0.2) is 0 Å². The molecular weight excluding hydrogens is 376 g/mol. The second-order valence-corrected chi connectivity index (χ2v) is 8.21. The Morgan fingerprint density at radius 2 is 1.61 bits per heavy atom. The Bertz CT molecular complexity index is 315.